The molecule has 27 heavy (non-hydrogen) atoms. The maximum Gasteiger partial charge on any atom is 0.123 e. The van der Waals surface area contributed by atoms with Crippen molar-refractivity contribution in [3.05, 3.63) is 76.9 Å². The highest BCUT2D eigenvalue weighted by Gasteiger charge is 2.12. The normalized spacial score (nSPS) is 12.3. The molecule has 4 heteroatoms. The molecule has 0 amide bonds. The minimum Gasteiger partial charge on any atom is -0.361 e. The van der Waals surface area contributed by atoms with Gasteiger partial charge in [-0.15, -0.1) is 11.3 Å². The monoisotopic (exact) mass is 373 g/mol. The Balaban J connectivity index is 1.61. The first-order chi connectivity index (χ1) is 13.3. The lowest BCUT2D eigenvalue weighted by Crippen LogP contribution is -2.03. The molecule has 0 unspecified atom stereocenters. The van der Waals surface area contributed by atoms with Crippen molar-refractivity contribution in [2.45, 2.75) is 26.2 Å². The van der Waals surface area contributed by atoms with E-state index in [1.165, 1.54) is 16.5 Å². The van der Waals surface area contributed by atoms with E-state index in [0.29, 0.717) is 5.92 Å². The van der Waals surface area contributed by atoms with E-state index < -0.39 is 0 Å². The van der Waals surface area contributed by atoms with E-state index in [1.807, 2.05) is 6.07 Å². The van der Waals surface area contributed by atoms with E-state index in [4.69, 9.17) is 10.4 Å². The first-order valence-electron chi connectivity index (χ1n) is 9.36. The Morgan fingerprint density at radius 3 is 2.81 bits per heavy atom. The zero-order chi connectivity index (χ0) is 18.6. The number of aromatic amines is 1. The molecule has 4 rings (SSSR count). The van der Waals surface area contributed by atoms with Gasteiger partial charge >= 0.3 is 0 Å². The molecule has 2 heterocycles. The van der Waals surface area contributed by atoms with Crippen LogP contribution in [-0.2, 0) is 12.8 Å². The molecule has 2 N–H and O–H groups in total. The summed E-state index contributed by atoms with van der Waals surface area (Å²) in [7, 11) is 0. The van der Waals surface area contributed by atoms with Crippen LogP contribution in [0.2, 0.25) is 0 Å². The fourth-order valence-corrected chi connectivity index (χ4v) is 4.23. The second-order valence-electron chi connectivity index (χ2n) is 6.92. The lowest BCUT2D eigenvalue weighted by molar-refractivity contribution is 0.675. The number of thiazole rings is 1. The summed E-state index contributed by atoms with van der Waals surface area (Å²) in [6, 6.07) is 17.0. The fourth-order valence-electron chi connectivity index (χ4n) is 3.41. The van der Waals surface area contributed by atoms with E-state index in [-0.39, 0.29) is 0 Å². The molecule has 136 valence electrons. The highest BCUT2D eigenvalue weighted by Crippen LogP contribution is 2.30. The zero-order valence-electron chi connectivity index (χ0n) is 15.4. The highest BCUT2D eigenvalue weighted by molar-refractivity contribution is 7.13. The van der Waals surface area contributed by atoms with Gasteiger partial charge in [-0.3, -0.25) is 0 Å². The number of hydrogen-bond acceptors (Lipinski definition) is 3. The topological polar surface area (TPSA) is 52.5 Å². The Bertz CT molecular complexity index is 1050. The summed E-state index contributed by atoms with van der Waals surface area (Å²) < 4.78 is 0. The van der Waals surface area contributed by atoms with Crippen molar-refractivity contribution in [1.82, 2.24) is 9.97 Å². The van der Waals surface area contributed by atoms with Gasteiger partial charge in [-0.2, -0.15) is 0 Å². The smallest absolute Gasteiger partial charge is 0.123 e. The fraction of sp³-hybridized carbons (Fsp3) is 0.217. The third-order valence-corrected chi connectivity index (χ3v) is 5.98. The Hall–Kier alpha value is -2.72. The molecule has 2 aromatic carbocycles. The van der Waals surface area contributed by atoms with Crippen LogP contribution in [0.25, 0.3) is 21.5 Å². The lowest BCUT2D eigenvalue weighted by Gasteiger charge is -2.07. The number of nitrogens with one attached hydrogen (secondary N) is 2. The van der Waals surface area contributed by atoms with Crippen LogP contribution in [0, 0.1) is 11.3 Å². The number of aromatic nitrogens is 2. The maximum absolute atomic E-state index is 7.60. The van der Waals surface area contributed by atoms with Gasteiger partial charge in [-0.05, 0) is 54.3 Å². The quantitative estimate of drug-likeness (QED) is 0.378. The molecule has 0 fully saturated rings. The summed E-state index contributed by atoms with van der Waals surface area (Å²) in [5, 5.41) is 12.1. The number of rotatable bonds is 7. The lowest BCUT2D eigenvalue weighted by atomic mass is 9.97. The summed E-state index contributed by atoms with van der Waals surface area (Å²) in [5.74, 6) is 0.296. The van der Waals surface area contributed by atoms with Crippen molar-refractivity contribution in [1.29, 1.82) is 5.41 Å². The molecule has 0 aliphatic heterocycles. The standard InChI is InChI=1S/C23H23N3S/c1-2-16(13-24)10-19-14-25-22-9-8-18(12-21(19)22)23-26-20(15-27-23)11-17-6-4-3-5-7-17/h3-9,12-16,24-25H,2,10-11H2,1H3/t16-/m1/s1. The number of benzene rings is 2. The predicted molar refractivity (Wildman–Crippen MR) is 115 cm³/mol. The van der Waals surface area contributed by atoms with Crippen molar-refractivity contribution in [3.63, 3.8) is 0 Å². The molecule has 0 spiro atoms. The SMILES string of the molecule is CC[C@@H](C=N)Cc1c[nH]c2ccc(-c3nc(Cc4ccccc4)cs3)cc12. The van der Waals surface area contributed by atoms with Gasteiger partial charge in [0.2, 0.25) is 0 Å². The molecule has 0 bridgehead atoms. The summed E-state index contributed by atoms with van der Waals surface area (Å²) >= 11 is 1.70. The van der Waals surface area contributed by atoms with Gasteiger partial charge in [-0.25, -0.2) is 4.98 Å². The number of nitrogens with zero attached hydrogens (tertiary/aromatic N) is 1. The van der Waals surface area contributed by atoms with Crippen LogP contribution >= 0.6 is 11.3 Å². The van der Waals surface area contributed by atoms with Crippen molar-refractivity contribution in [2.24, 2.45) is 5.92 Å². The van der Waals surface area contributed by atoms with Crippen LogP contribution in [0.4, 0.5) is 0 Å². The van der Waals surface area contributed by atoms with Crippen LogP contribution < -0.4 is 0 Å². The number of fused-ring (bicyclic) bond motifs is 1. The molecule has 0 aliphatic carbocycles. The second kappa shape index (κ2) is 7.89. The van der Waals surface area contributed by atoms with Gasteiger partial charge in [0.1, 0.15) is 5.01 Å². The minimum absolute atomic E-state index is 0.296. The van der Waals surface area contributed by atoms with Crippen molar-refractivity contribution >= 4 is 28.5 Å². The van der Waals surface area contributed by atoms with Crippen LogP contribution in [0.15, 0.2) is 60.1 Å². The van der Waals surface area contributed by atoms with Crippen molar-refractivity contribution in [3.8, 4) is 10.6 Å². The third-order valence-electron chi connectivity index (χ3n) is 5.04. The Kier molecular flexibility index (Phi) is 5.16. The van der Waals surface area contributed by atoms with E-state index in [2.05, 4.69) is 65.9 Å². The van der Waals surface area contributed by atoms with Gasteiger partial charge < -0.3 is 10.4 Å². The summed E-state index contributed by atoms with van der Waals surface area (Å²) in [6.07, 6.45) is 6.42. The number of H-pyrrole nitrogens is 1. The third kappa shape index (κ3) is 3.86. The highest BCUT2D eigenvalue weighted by atomic mass is 32.1. The molecular formula is C23H23N3S. The average Bonchev–Trinajstić information content (AvgIpc) is 3.33. The molecule has 0 aliphatic rings. The van der Waals surface area contributed by atoms with E-state index in [0.717, 1.165) is 41.0 Å². The predicted octanol–water partition coefficient (Wildman–Crippen LogP) is 6.10. The Morgan fingerprint density at radius 2 is 2.04 bits per heavy atom. The summed E-state index contributed by atoms with van der Waals surface area (Å²) in [5.41, 5.74) is 5.99. The van der Waals surface area contributed by atoms with Gasteiger partial charge in [0.25, 0.3) is 0 Å². The molecule has 3 nitrogen and oxygen atoms in total. The summed E-state index contributed by atoms with van der Waals surface area (Å²) in [6.45, 7) is 2.14. The van der Waals surface area contributed by atoms with E-state index in [1.54, 1.807) is 17.6 Å². The van der Waals surface area contributed by atoms with Crippen molar-refractivity contribution in [2.75, 3.05) is 0 Å². The maximum atomic E-state index is 7.60. The van der Waals surface area contributed by atoms with Crippen LogP contribution in [0.3, 0.4) is 0 Å². The van der Waals surface area contributed by atoms with E-state index in [9.17, 15) is 0 Å². The van der Waals surface area contributed by atoms with Gasteiger partial charge in [-0.1, -0.05) is 37.3 Å². The molecule has 1 atom stereocenters. The van der Waals surface area contributed by atoms with Gasteiger partial charge in [0.15, 0.2) is 0 Å². The first kappa shape index (κ1) is 17.7. The number of hydrogen-bond donors (Lipinski definition) is 2. The van der Waals surface area contributed by atoms with Gasteiger partial charge in [0, 0.05) is 34.5 Å². The largest absolute Gasteiger partial charge is 0.361 e. The molecular weight excluding hydrogens is 350 g/mol. The van der Waals surface area contributed by atoms with Crippen molar-refractivity contribution < 1.29 is 0 Å². The van der Waals surface area contributed by atoms with Gasteiger partial charge in [0.05, 0.1) is 5.69 Å². The molecule has 0 saturated carbocycles. The Labute approximate surface area is 163 Å². The zero-order valence-corrected chi connectivity index (χ0v) is 16.2. The molecule has 4 aromatic rings. The molecule has 0 radical (unpaired) electrons. The van der Waals surface area contributed by atoms with Crippen LogP contribution in [0.5, 0.6) is 0 Å². The minimum atomic E-state index is 0.296. The second-order valence-corrected chi connectivity index (χ2v) is 7.78. The van der Waals surface area contributed by atoms with E-state index >= 15 is 0 Å². The van der Waals surface area contributed by atoms with Crippen LogP contribution in [0.1, 0.15) is 30.2 Å². The Morgan fingerprint density at radius 1 is 1.19 bits per heavy atom. The average molecular weight is 374 g/mol. The van der Waals surface area contributed by atoms with Crippen LogP contribution in [-0.4, -0.2) is 16.2 Å². The molecule has 2 aromatic heterocycles. The summed E-state index contributed by atoms with van der Waals surface area (Å²) in [4.78, 5) is 8.23. The molecule has 0 saturated heterocycles. The first-order valence-corrected chi connectivity index (χ1v) is 10.2.